The second kappa shape index (κ2) is 6.82. The molecule has 4 heterocycles. The summed E-state index contributed by atoms with van der Waals surface area (Å²) in [6.45, 7) is 3.51. The van der Waals surface area contributed by atoms with Crippen LogP contribution in [0, 0.1) is 11.3 Å². The third kappa shape index (κ3) is 2.88. The van der Waals surface area contributed by atoms with Crippen molar-refractivity contribution >= 4 is 22.1 Å². The van der Waals surface area contributed by atoms with Crippen LogP contribution in [0.3, 0.4) is 0 Å². The molecule has 3 aromatic rings. The predicted octanol–water partition coefficient (Wildman–Crippen LogP) is 1.96. The van der Waals surface area contributed by atoms with Gasteiger partial charge in [0.15, 0.2) is 0 Å². The van der Waals surface area contributed by atoms with Gasteiger partial charge in [-0.15, -0.1) is 0 Å². The number of imidazole rings is 1. The highest BCUT2D eigenvalue weighted by Crippen LogP contribution is 2.32. The number of nitrogens with two attached hydrogens (primary N) is 1. The van der Waals surface area contributed by atoms with Gasteiger partial charge in [0.05, 0.1) is 17.8 Å². The largest absolute Gasteiger partial charge is 0.346 e. The average molecular weight is 337 g/mol. The molecule has 0 unspecified atom stereocenters. The smallest absolute Gasteiger partial charge is 0.139 e. The van der Waals surface area contributed by atoms with Crippen LogP contribution in [-0.4, -0.2) is 50.6 Å². The Hall–Kier alpha value is -2.43. The number of pyridine rings is 1. The van der Waals surface area contributed by atoms with Crippen molar-refractivity contribution in [2.24, 2.45) is 5.73 Å². The molecule has 1 saturated heterocycles. The van der Waals surface area contributed by atoms with Crippen molar-refractivity contribution in [3.8, 4) is 6.07 Å². The molecule has 0 bridgehead atoms. The SMILES string of the molecule is N#CCCN1CCC(n2c(CCN)nc3cnc4[nH]ccc4c32)CC1. The Morgan fingerprint density at radius 1 is 1.36 bits per heavy atom. The van der Waals surface area contributed by atoms with E-state index in [1.54, 1.807) is 0 Å². The number of rotatable bonds is 5. The van der Waals surface area contributed by atoms with Crippen molar-refractivity contribution in [2.75, 3.05) is 26.2 Å². The van der Waals surface area contributed by atoms with Gasteiger partial charge >= 0.3 is 0 Å². The molecule has 7 nitrogen and oxygen atoms in total. The number of nitrogens with zero attached hydrogens (tertiary/aromatic N) is 5. The van der Waals surface area contributed by atoms with Gasteiger partial charge in [-0.25, -0.2) is 9.97 Å². The average Bonchev–Trinajstić information content (AvgIpc) is 3.24. The first kappa shape index (κ1) is 16.1. The van der Waals surface area contributed by atoms with E-state index in [2.05, 4.69) is 31.6 Å². The van der Waals surface area contributed by atoms with Crippen molar-refractivity contribution in [1.29, 1.82) is 5.26 Å². The van der Waals surface area contributed by atoms with Crippen LogP contribution in [-0.2, 0) is 6.42 Å². The minimum atomic E-state index is 0.422. The zero-order valence-corrected chi connectivity index (χ0v) is 14.3. The maximum atomic E-state index is 8.78. The van der Waals surface area contributed by atoms with Crippen LogP contribution in [0.2, 0.25) is 0 Å². The summed E-state index contributed by atoms with van der Waals surface area (Å²) in [6, 6.07) is 4.74. The molecular weight excluding hydrogens is 314 g/mol. The Bertz CT molecular complexity index is 909. The summed E-state index contributed by atoms with van der Waals surface area (Å²) in [5.74, 6) is 1.06. The summed E-state index contributed by atoms with van der Waals surface area (Å²) in [4.78, 5) is 14.9. The van der Waals surface area contributed by atoms with Crippen molar-refractivity contribution in [2.45, 2.75) is 31.7 Å². The van der Waals surface area contributed by atoms with Gasteiger partial charge in [-0.2, -0.15) is 5.26 Å². The highest BCUT2D eigenvalue weighted by Gasteiger charge is 2.25. The van der Waals surface area contributed by atoms with Crippen LogP contribution in [0.25, 0.3) is 22.1 Å². The van der Waals surface area contributed by atoms with Crippen molar-refractivity contribution in [1.82, 2.24) is 24.4 Å². The number of aromatic nitrogens is 4. The number of likely N-dealkylation sites (tertiary alicyclic amines) is 1. The first-order chi connectivity index (χ1) is 12.3. The molecule has 130 valence electrons. The highest BCUT2D eigenvalue weighted by molar-refractivity contribution is 6.01. The topological polar surface area (TPSA) is 99.6 Å². The van der Waals surface area contributed by atoms with E-state index in [1.165, 1.54) is 5.52 Å². The molecule has 7 heteroatoms. The number of hydrogen-bond acceptors (Lipinski definition) is 5. The van der Waals surface area contributed by atoms with E-state index in [0.717, 1.165) is 61.3 Å². The van der Waals surface area contributed by atoms with Gasteiger partial charge in [0.2, 0.25) is 0 Å². The molecule has 0 aliphatic carbocycles. The van der Waals surface area contributed by atoms with E-state index >= 15 is 0 Å². The lowest BCUT2D eigenvalue weighted by atomic mass is 10.0. The number of aromatic amines is 1. The molecule has 3 aromatic heterocycles. The van der Waals surface area contributed by atoms with E-state index < -0.39 is 0 Å². The minimum Gasteiger partial charge on any atom is -0.346 e. The lowest BCUT2D eigenvalue weighted by Crippen LogP contribution is -2.35. The Balaban J connectivity index is 1.71. The molecule has 0 saturated carbocycles. The van der Waals surface area contributed by atoms with E-state index in [9.17, 15) is 0 Å². The van der Waals surface area contributed by atoms with E-state index in [1.807, 2.05) is 12.4 Å². The standard InChI is InChI=1S/C18H23N7/c19-6-1-9-24-10-4-13(5-11-24)25-16(2-7-20)23-15-12-22-18-14(17(15)25)3-8-21-18/h3,8,12-13H,1-2,4-5,7,9-11,20H2,(H,21,22). The summed E-state index contributed by atoms with van der Waals surface area (Å²) in [7, 11) is 0. The molecule has 0 spiro atoms. The van der Waals surface area contributed by atoms with Crippen LogP contribution in [0.5, 0.6) is 0 Å². The first-order valence-corrected chi connectivity index (χ1v) is 8.94. The van der Waals surface area contributed by atoms with Crippen molar-refractivity contribution in [3.63, 3.8) is 0 Å². The number of H-pyrrole nitrogens is 1. The lowest BCUT2D eigenvalue weighted by Gasteiger charge is -2.33. The zero-order chi connectivity index (χ0) is 17.2. The van der Waals surface area contributed by atoms with E-state index in [4.69, 9.17) is 16.0 Å². The number of nitriles is 1. The number of hydrogen-bond donors (Lipinski definition) is 2. The van der Waals surface area contributed by atoms with Crippen LogP contribution in [0.4, 0.5) is 0 Å². The molecule has 0 aromatic carbocycles. The molecule has 25 heavy (non-hydrogen) atoms. The van der Waals surface area contributed by atoms with Gasteiger partial charge in [0.25, 0.3) is 0 Å². The monoisotopic (exact) mass is 337 g/mol. The Labute approximate surface area is 146 Å². The molecule has 0 amide bonds. The van der Waals surface area contributed by atoms with E-state index in [0.29, 0.717) is 19.0 Å². The molecule has 0 radical (unpaired) electrons. The maximum Gasteiger partial charge on any atom is 0.139 e. The number of nitrogens with one attached hydrogen (secondary N) is 1. The lowest BCUT2D eigenvalue weighted by molar-refractivity contribution is 0.190. The van der Waals surface area contributed by atoms with Crippen LogP contribution >= 0.6 is 0 Å². The summed E-state index contributed by atoms with van der Waals surface area (Å²) in [5.41, 5.74) is 8.86. The van der Waals surface area contributed by atoms with Gasteiger partial charge in [-0.1, -0.05) is 0 Å². The molecule has 3 N–H and O–H groups in total. The third-order valence-electron chi connectivity index (χ3n) is 5.14. The highest BCUT2D eigenvalue weighted by atomic mass is 15.2. The summed E-state index contributed by atoms with van der Waals surface area (Å²) >= 11 is 0. The van der Waals surface area contributed by atoms with Crippen LogP contribution in [0.15, 0.2) is 18.5 Å². The Morgan fingerprint density at radius 3 is 2.96 bits per heavy atom. The van der Waals surface area contributed by atoms with Gasteiger partial charge in [0.1, 0.15) is 17.0 Å². The molecule has 1 aliphatic heterocycles. The van der Waals surface area contributed by atoms with Gasteiger partial charge in [-0.3, -0.25) is 0 Å². The van der Waals surface area contributed by atoms with Gasteiger partial charge in [0, 0.05) is 50.1 Å². The first-order valence-electron chi connectivity index (χ1n) is 8.94. The van der Waals surface area contributed by atoms with Crippen molar-refractivity contribution < 1.29 is 0 Å². The molecular formula is C18H23N7. The zero-order valence-electron chi connectivity index (χ0n) is 14.3. The number of piperidine rings is 1. The fourth-order valence-corrected chi connectivity index (χ4v) is 3.95. The summed E-state index contributed by atoms with van der Waals surface area (Å²) < 4.78 is 2.40. The molecule has 1 fully saturated rings. The maximum absolute atomic E-state index is 8.78. The summed E-state index contributed by atoms with van der Waals surface area (Å²) in [6.07, 6.45) is 7.31. The normalized spacial score (nSPS) is 16.6. The fraction of sp³-hybridized carbons (Fsp3) is 0.500. The molecule has 0 atom stereocenters. The van der Waals surface area contributed by atoms with E-state index in [-0.39, 0.29) is 0 Å². The fourth-order valence-electron chi connectivity index (χ4n) is 3.95. The Kier molecular flexibility index (Phi) is 4.38. The van der Waals surface area contributed by atoms with Gasteiger partial charge in [-0.05, 0) is 25.5 Å². The molecule has 1 aliphatic rings. The predicted molar refractivity (Wildman–Crippen MR) is 97.1 cm³/mol. The van der Waals surface area contributed by atoms with Crippen LogP contribution < -0.4 is 5.73 Å². The third-order valence-corrected chi connectivity index (χ3v) is 5.14. The quantitative estimate of drug-likeness (QED) is 0.741. The Morgan fingerprint density at radius 2 is 2.20 bits per heavy atom. The second-order valence-corrected chi connectivity index (χ2v) is 6.65. The van der Waals surface area contributed by atoms with Gasteiger partial charge < -0.3 is 20.2 Å². The van der Waals surface area contributed by atoms with Crippen LogP contribution in [0.1, 0.15) is 31.1 Å². The number of fused-ring (bicyclic) bond motifs is 3. The second-order valence-electron chi connectivity index (χ2n) is 6.65. The van der Waals surface area contributed by atoms with Crippen molar-refractivity contribution in [3.05, 3.63) is 24.3 Å². The minimum absolute atomic E-state index is 0.422. The summed E-state index contributed by atoms with van der Waals surface area (Å²) in [5, 5.41) is 9.91. The molecule has 4 rings (SSSR count).